The fourth-order valence-corrected chi connectivity index (χ4v) is 2.91. The molecule has 0 unspecified atom stereocenters. The first-order chi connectivity index (χ1) is 10.0. The van der Waals surface area contributed by atoms with E-state index in [4.69, 9.17) is 11.6 Å². The van der Waals surface area contributed by atoms with E-state index in [1.807, 2.05) is 0 Å². The fourth-order valence-electron chi connectivity index (χ4n) is 1.60. The summed E-state index contributed by atoms with van der Waals surface area (Å²) in [4.78, 5) is 21.3. The van der Waals surface area contributed by atoms with E-state index in [0.29, 0.717) is 0 Å². The van der Waals surface area contributed by atoms with E-state index in [9.17, 15) is 23.3 Å². The van der Waals surface area contributed by atoms with E-state index in [0.717, 1.165) is 12.1 Å². The Morgan fingerprint density at radius 3 is 2.50 bits per heavy atom. The average Bonchev–Trinajstić information content (AvgIpc) is 2.38. The van der Waals surface area contributed by atoms with E-state index in [-0.39, 0.29) is 21.5 Å². The number of rotatable bonds is 6. The fraction of sp³-hybridized carbons (Fsp3) is 0.417. The Balaban J connectivity index is 3.04. The van der Waals surface area contributed by atoms with E-state index < -0.39 is 33.1 Å². The van der Waals surface area contributed by atoms with Crippen molar-refractivity contribution in [2.75, 3.05) is 6.54 Å². The highest BCUT2D eigenvalue weighted by atomic mass is 35.5. The Morgan fingerprint density at radius 2 is 2.00 bits per heavy atom. The number of nitro benzene ring substituents is 1. The highest BCUT2D eigenvalue weighted by molar-refractivity contribution is 7.89. The average molecular weight is 350 g/mol. The predicted molar refractivity (Wildman–Crippen MR) is 81.3 cm³/mol. The van der Waals surface area contributed by atoms with E-state index in [1.54, 1.807) is 13.8 Å². The number of halogens is 1. The molecule has 0 heterocycles. The van der Waals surface area contributed by atoms with Crippen molar-refractivity contribution >= 4 is 33.2 Å². The zero-order valence-corrected chi connectivity index (χ0v) is 13.8. The van der Waals surface area contributed by atoms with Gasteiger partial charge in [-0.2, -0.15) is 0 Å². The molecule has 122 valence electrons. The molecule has 0 radical (unpaired) electrons. The number of benzene rings is 1. The van der Waals surface area contributed by atoms with Crippen molar-refractivity contribution in [1.29, 1.82) is 0 Å². The van der Waals surface area contributed by atoms with Gasteiger partial charge in [0.15, 0.2) is 0 Å². The van der Waals surface area contributed by atoms with Crippen LogP contribution in [-0.4, -0.2) is 31.8 Å². The number of sulfonamides is 1. The van der Waals surface area contributed by atoms with Crippen LogP contribution >= 0.6 is 11.6 Å². The first kappa shape index (κ1) is 18.3. The lowest BCUT2D eigenvalue weighted by atomic mass is 10.2. The molecule has 1 aromatic rings. The van der Waals surface area contributed by atoms with Crippen LogP contribution < -0.4 is 10.0 Å². The van der Waals surface area contributed by atoms with Crippen LogP contribution in [0.3, 0.4) is 0 Å². The maximum atomic E-state index is 12.1. The standard InChI is InChI=1S/C12H16ClN3O5S/c1-7(2)15-12(17)6-14-22(20,21)9-4-10(13)8(3)11(5-9)16(18)19/h4-5,7,14H,6H2,1-3H3,(H,15,17). The highest BCUT2D eigenvalue weighted by Crippen LogP contribution is 2.29. The largest absolute Gasteiger partial charge is 0.353 e. The summed E-state index contributed by atoms with van der Waals surface area (Å²) in [6.07, 6.45) is 0. The third kappa shape index (κ3) is 4.65. The van der Waals surface area contributed by atoms with Crippen molar-refractivity contribution in [2.24, 2.45) is 0 Å². The maximum absolute atomic E-state index is 12.1. The topological polar surface area (TPSA) is 118 Å². The molecule has 1 aromatic carbocycles. The van der Waals surface area contributed by atoms with Gasteiger partial charge in [0.25, 0.3) is 5.69 Å². The van der Waals surface area contributed by atoms with Crippen molar-refractivity contribution in [2.45, 2.75) is 31.7 Å². The summed E-state index contributed by atoms with van der Waals surface area (Å²) in [6, 6.07) is 1.88. The van der Waals surface area contributed by atoms with Gasteiger partial charge in [-0.05, 0) is 26.8 Å². The summed E-state index contributed by atoms with van der Waals surface area (Å²) >= 11 is 5.82. The second-order valence-corrected chi connectivity index (χ2v) is 7.03. The number of carbonyl (C=O) groups excluding carboxylic acids is 1. The third-order valence-electron chi connectivity index (χ3n) is 2.67. The van der Waals surface area contributed by atoms with Gasteiger partial charge in [-0.15, -0.1) is 0 Å². The molecule has 0 aliphatic heterocycles. The number of nitrogens with zero attached hydrogens (tertiary/aromatic N) is 1. The van der Waals surface area contributed by atoms with Gasteiger partial charge in [0.1, 0.15) is 0 Å². The van der Waals surface area contributed by atoms with Gasteiger partial charge in [-0.1, -0.05) is 11.6 Å². The van der Waals surface area contributed by atoms with Crippen LogP contribution in [0.5, 0.6) is 0 Å². The smallest absolute Gasteiger partial charge is 0.275 e. The van der Waals surface area contributed by atoms with Crippen molar-refractivity contribution in [1.82, 2.24) is 10.0 Å². The van der Waals surface area contributed by atoms with Gasteiger partial charge in [0, 0.05) is 17.7 Å². The Kier molecular flexibility index (Phi) is 5.86. The van der Waals surface area contributed by atoms with Crippen LogP contribution in [0.2, 0.25) is 5.02 Å². The van der Waals surface area contributed by atoms with Gasteiger partial charge in [0.2, 0.25) is 15.9 Å². The molecule has 0 saturated carbocycles. The van der Waals surface area contributed by atoms with Crippen molar-refractivity contribution in [3.05, 3.63) is 32.8 Å². The minimum atomic E-state index is -4.09. The molecular formula is C12H16ClN3O5S. The number of hydrogen-bond donors (Lipinski definition) is 2. The summed E-state index contributed by atoms with van der Waals surface area (Å²) in [5, 5.41) is 13.4. The summed E-state index contributed by atoms with van der Waals surface area (Å²) in [5.74, 6) is -0.508. The maximum Gasteiger partial charge on any atom is 0.275 e. The van der Waals surface area contributed by atoms with Gasteiger partial charge in [-0.25, -0.2) is 13.1 Å². The first-order valence-electron chi connectivity index (χ1n) is 6.28. The Labute approximate surface area is 133 Å². The number of amides is 1. The summed E-state index contributed by atoms with van der Waals surface area (Å²) in [5.41, 5.74) is -0.234. The monoisotopic (exact) mass is 349 g/mol. The zero-order chi connectivity index (χ0) is 17.1. The van der Waals surface area contributed by atoms with Crippen molar-refractivity contribution < 1.29 is 18.1 Å². The van der Waals surface area contributed by atoms with Crippen LogP contribution in [0.1, 0.15) is 19.4 Å². The molecule has 1 rings (SSSR count). The molecule has 1 amide bonds. The van der Waals surface area contributed by atoms with Crippen molar-refractivity contribution in [3.8, 4) is 0 Å². The Bertz CT molecular complexity index is 703. The third-order valence-corrected chi connectivity index (χ3v) is 4.44. The van der Waals surface area contributed by atoms with Gasteiger partial charge in [-0.3, -0.25) is 14.9 Å². The molecule has 0 atom stereocenters. The van der Waals surface area contributed by atoms with Gasteiger partial charge >= 0.3 is 0 Å². The molecule has 0 aliphatic carbocycles. The first-order valence-corrected chi connectivity index (χ1v) is 8.14. The molecule has 2 N–H and O–H groups in total. The number of hydrogen-bond acceptors (Lipinski definition) is 5. The molecule has 8 nitrogen and oxygen atoms in total. The lowest BCUT2D eigenvalue weighted by Crippen LogP contribution is -2.39. The van der Waals surface area contributed by atoms with Crippen LogP contribution in [0.25, 0.3) is 0 Å². The van der Waals surface area contributed by atoms with E-state index in [1.165, 1.54) is 6.92 Å². The molecule has 22 heavy (non-hydrogen) atoms. The molecule has 10 heteroatoms. The van der Waals surface area contributed by atoms with E-state index >= 15 is 0 Å². The predicted octanol–water partition coefficient (Wildman–Crippen LogP) is 1.36. The molecule has 0 bridgehead atoms. The molecular weight excluding hydrogens is 334 g/mol. The summed E-state index contributed by atoms with van der Waals surface area (Å²) in [7, 11) is -4.09. The van der Waals surface area contributed by atoms with Crippen LogP contribution in [0, 0.1) is 17.0 Å². The molecule has 0 aromatic heterocycles. The molecule has 0 aliphatic rings. The molecule has 0 saturated heterocycles. The van der Waals surface area contributed by atoms with Crippen LogP contribution in [0.15, 0.2) is 17.0 Å². The minimum Gasteiger partial charge on any atom is -0.353 e. The Morgan fingerprint density at radius 1 is 1.41 bits per heavy atom. The van der Waals surface area contributed by atoms with Crippen molar-refractivity contribution in [3.63, 3.8) is 0 Å². The lowest BCUT2D eigenvalue weighted by molar-refractivity contribution is -0.385. The number of nitrogens with one attached hydrogen (secondary N) is 2. The highest BCUT2D eigenvalue weighted by Gasteiger charge is 2.23. The number of nitro groups is 1. The van der Waals surface area contributed by atoms with Crippen LogP contribution in [0.4, 0.5) is 5.69 Å². The Hall–Kier alpha value is -1.71. The second-order valence-electron chi connectivity index (χ2n) is 4.85. The summed E-state index contributed by atoms with van der Waals surface area (Å²) in [6.45, 7) is 4.41. The second kappa shape index (κ2) is 7.03. The SMILES string of the molecule is Cc1c(Cl)cc(S(=O)(=O)NCC(=O)NC(C)C)cc1[N+](=O)[O-]. The minimum absolute atomic E-state index is 0.0405. The summed E-state index contributed by atoms with van der Waals surface area (Å²) < 4.78 is 26.2. The van der Waals surface area contributed by atoms with E-state index in [2.05, 4.69) is 10.0 Å². The zero-order valence-electron chi connectivity index (χ0n) is 12.2. The van der Waals surface area contributed by atoms with Crippen LogP contribution in [-0.2, 0) is 14.8 Å². The molecule has 0 fully saturated rings. The number of carbonyl (C=O) groups is 1. The normalized spacial score (nSPS) is 11.5. The lowest BCUT2D eigenvalue weighted by Gasteiger charge is -2.10. The van der Waals surface area contributed by atoms with Gasteiger partial charge < -0.3 is 5.32 Å². The van der Waals surface area contributed by atoms with Gasteiger partial charge in [0.05, 0.1) is 21.4 Å². The quantitative estimate of drug-likeness (QED) is 0.593. The molecule has 0 spiro atoms.